The number of H-pyrrole nitrogens is 1. The molecule has 0 amide bonds. The van der Waals surface area contributed by atoms with Gasteiger partial charge in [-0.15, -0.1) is 0 Å². The SMILES string of the molecule is OC1(c2cn[nH]n2)CCCN(CCN2CCCCC2)C1. The summed E-state index contributed by atoms with van der Waals surface area (Å²) in [6.45, 7) is 6.39. The van der Waals surface area contributed by atoms with Crippen LogP contribution >= 0.6 is 0 Å². The van der Waals surface area contributed by atoms with Crippen molar-refractivity contribution >= 4 is 0 Å². The molecular weight excluding hydrogens is 254 g/mol. The quantitative estimate of drug-likeness (QED) is 0.843. The topological polar surface area (TPSA) is 68.3 Å². The molecule has 1 atom stereocenters. The van der Waals surface area contributed by atoms with Crippen molar-refractivity contribution in [3.8, 4) is 0 Å². The maximum absolute atomic E-state index is 10.8. The number of nitrogens with zero attached hydrogens (tertiary/aromatic N) is 4. The molecule has 20 heavy (non-hydrogen) atoms. The molecule has 2 N–H and O–H groups in total. The molecular formula is C14H25N5O. The van der Waals surface area contributed by atoms with Crippen molar-refractivity contribution < 1.29 is 5.11 Å². The summed E-state index contributed by atoms with van der Waals surface area (Å²) >= 11 is 0. The summed E-state index contributed by atoms with van der Waals surface area (Å²) in [5, 5.41) is 21.3. The van der Waals surface area contributed by atoms with Gasteiger partial charge in [-0.05, 0) is 45.3 Å². The third-order valence-electron chi connectivity index (χ3n) is 4.62. The van der Waals surface area contributed by atoms with Gasteiger partial charge in [0.05, 0.1) is 6.20 Å². The van der Waals surface area contributed by atoms with Crippen LogP contribution in [0, 0.1) is 0 Å². The molecule has 3 rings (SSSR count). The largest absolute Gasteiger partial charge is 0.382 e. The number of β-amino-alcohol motifs (C(OH)–C–C–N with tert-alkyl or cyclic N) is 1. The average molecular weight is 279 g/mol. The molecule has 0 aliphatic carbocycles. The van der Waals surface area contributed by atoms with E-state index in [2.05, 4.69) is 25.2 Å². The summed E-state index contributed by atoms with van der Waals surface area (Å²) in [5.74, 6) is 0. The Morgan fingerprint density at radius 2 is 1.85 bits per heavy atom. The summed E-state index contributed by atoms with van der Waals surface area (Å²) in [6.07, 6.45) is 7.50. The van der Waals surface area contributed by atoms with Crippen molar-refractivity contribution in [1.29, 1.82) is 0 Å². The van der Waals surface area contributed by atoms with Crippen molar-refractivity contribution in [2.45, 2.75) is 37.7 Å². The lowest BCUT2D eigenvalue weighted by Gasteiger charge is -2.39. The van der Waals surface area contributed by atoms with Crippen LogP contribution < -0.4 is 0 Å². The monoisotopic (exact) mass is 279 g/mol. The van der Waals surface area contributed by atoms with Crippen LogP contribution in [-0.4, -0.2) is 69.6 Å². The molecule has 1 aromatic rings. The Morgan fingerprint density at radius 1 is 1.10 bits per heavy atom. The lowest BCUT2D eigenvalue weighted by Crippen LogP contribution is -2.48. The van der Waals surface area contributed by atoms with Crippen molar-refractivity contribution in [2.75, 3.05) is 39.3 Å². The highest BCUT2D eigenvalue weighted by Crippen LogP contribution is 2.29. The summed E-state index contributed by atoms with van der Waals surface area (Å²) in [5.41, 5.74) is -0.146. The first-order valence-corrected chi connectivity index (χ1v) is 7.80. The van der Waals surface area contributed by atoms with Crippen LogP contribution in [0.15, 0.2) is 6.20 Å². The van der Waals surface area contributed by atoms with Gasteiger partial charge in [-0.3, -0.25) is 4.90 Å². The van der Waals surface area contributed by atoms with Crippen molar-refractivity contribution in [2.24, 2.45) is 0 Å². The number of hydrogen-bond acceptors (Lipinski definition) is 5. The highest BCUT2D eigenvalue weighted by Gasteiger charge is 2.37. The molecule has 2 aliphatic heterocycles. The summed E-state index contributed by atoms with van der Waals surface area (Å²) < 4.78 is 0. The Morgan fingerprint density at radius 3 is 2.60 bits per heavy atom. The third kappa shape index (κ3) is 3.19. The molecule has 1 unspecified atom stereocenters. The van der Waals surface area contributed by atoms with Gasteiger partial charge in [0.2, 0.25) is 0 Å². The van der Waals surface area contributed by atoms with Gasteiger partial charge >= 0.3 is 0 Å². The molecule has 6 heteroatoms. The first kappa shape index (κ1) is 14.0. The minimum atomic E-state index is -0.826. The standard InChI is InChI=1S/C14H25N5O/c20-14(13-11-15-17-16-13)5-4-8-19(12-14)10-9-18-6-2-1-3-7-18/h11,20H,1-10,12H2,(H,15,16,17). The second kappa shape index (κ2) is 6.20. The van der Waals surface area contributed by atoms with Crippen LogP contribution in [0.1, 0.15) is 37.8 Å². The second-order valence-electron chi connectivity index (χ2n) is 6.17. The zero-order chi connectivity index (χ0) is 13.8. The average Bonchev–Trinajstić information content (AvgIpc) is 3.01. The van der Waals surface area contributed by atoms with E-state index >= 15 is 0 Å². The predicted molar refractivity (Wildman–Crippen MR) is 76.2 cm³/mol. The van der Waals surface area contributed by atoms with Gasteiger partial charge in [0.15, 0.2) is 0 Å². The fraction of sp³-hybridized carbons (Fsp3) is 0.857. The Labute approximate surface area is 120 Å². The van der Waals surface area contributed by atoms with Gasteiger partial charge in [0.25, 0.3) is 0 Å². The molecule has 2 fully saturated rings. The lowest BCUT2D eigenvalue weighted by atomic mass is 9.90. The van der Waals surface area contributed by atoms with Crippen LogP contribution in [0.2, 0.25) is 0 Å². The Hall–Kier alpha value is -0.980. The molecule has 3 heterocycles. The maximum Gasteiger partial charge on any atom is 0.123 e. The normalized spacial score (nSPS) is 29.6. The highest BCUT2D eigenvalue weighted by atomic mass is 16.3. The van der Waals surface area contributed by atoms with Gasteiger partial charge in [-0.25, -0.2) is 0 Å². The van der Waals surface area contributed by atoms with E-state index in [1.807, 2.05) is 0 Å². The third-order valence-corrected chi connectivity index (χ3v) is 4.62. The van der Waals surface area contributed by atoms with Gasteiger partial charge in [0, 0.05) is 19.6 Å². The predicted octanol–water partition coefficient (Wildman–Crippen LogP) is 0.574. The minimum absolute atomic E-state index is 0.674. The molecule has 2 saturated heterocycles. The number of hydrogen-bond donors (Lipinski definition) is 2. The fourth-order valence-corrected chi connectivity index (χ4v) is 3.41. The number of piperidine rings is 2. The van der Waals surface area contributed by atoms with E-state index in [0.717, 1.165) is 32.5 Å². The number of nitrogens with one attached hydrogen (secondary N) is 1. The van der Waals surface area contributed by atoms with Gasteiger partial charge in [-0.1, -0.05) is 6.42 Å². The zero-order valence-electron chi connectivity index (χ0n) is 12.1. The van der Waals surface area contributed by atoms with E-state index in [-0.39, 0.29) is 0 Å². The Bertz CT molecular complexity index is 404. The van der Waals surface area contributed by atoms with E-state index in [4.69, 9.17) is 0 Å². The van der Waals surface area contributed by atoms with Crippen molar-refractivity contribution in [3.05, 3.63) is 11.9 Å². The van der Waals surface area contributed by atoms with Crippen LogP contribution in [-0.2, 0) is 5.60 Å². The summed E-state index contributed by atoms with van der Waals surface area (Å²) in [7, 11) is 0. The van der Waals surface area contributed by atoms with E-state index in [1.54, 1.807) is 6.20 Å². The van der Waals surface area contributed by atoms with Crippen molar-refractivity contribution in [1.82, 2.24) is 25.2 Å². The maximum atomic E-state index is 10.8. The van der Waals surface area contributed by atoms with Crippen molar-refractivity contribution in [3.63, 3.8) is 0 Å². The molecule has 0 aromatic carbocycles. The lowest BCUT2D eigenvalue weighted by molar-refractivity contribution is -0.0409. The first-order chi connectivity index (χ1) is 9.76. The number of aromatic amines is 1. The number of aliphatic hydroxyl groups is 1. The molecule has 1 aromatic heterocycles. The van der Waals surface area contributed by atoms with Gasteiger partial charge < -0.3 is 10.0 Å². The van der Waals surface area contributed by atoms with E-state index in [0.29, 0.717) is 12.2 Å². The summed E-state index contributed by atoms with van der Waals surface area (Å²) in [4.78, 5) is 4.92. The minimum Gasteiger partial charge on any atom is -0.382 e. The second-order valence-corrected chi connectivity index (χ2v) is 6.17. The van der Waals surface area contributed by atoms with Crippen LogP contribution in [0.4, 0.5) is 0 Å². The number of likely N-dealkylation sites (tertiary alicyclic amines) is 2. The Kier molecular flexibility index (Phi) is 4.33. The molecule has 0 saturated carbocycles. The van der Waals surface area contributed by atoms with Crippen LogP contribution in [0.3, 0.4) is 0 Å². The van der Waals surface area contributed by atoms with Gasteiger partial charge in [0.1, 0.15) is 11.3 Å². The molecule has 112 valence electrons. The summed E-state index contributed by atoms with van der Waals surface area (Å²) in [6, 6.07) is 0. The fourth-order valence-electron chi connectivity index (χ4n) is 3.41. The first-order valence-electron chi connectivity index (χ1n) is 7.80. The highest BCUT2D eigenvalue weighted by molar-refractivity contribution is 5.08. The number of rotatable bonds is 4. The Balaban J connectivity index is 1.52. The smallest absolute Gasteiger partial charge is 0.123 e. The van der Waals surface area contributed by atoms with E-state index < -0.39 is 5.60 Å². The van der Waals surface area contributed by atoms with E-state index in [1.165, 1.54) is 32.4 Å². The van der Waals surface area contributed by atoms with Crippen LogP contribution in [0.25, 0.3) is 0 Å². The van der Waals surface area contributed by atoms with E-state index in [9.17, 15) is 5.11 Å². The van der Waals surface area contributed by atoms with Crippen LogP contribution in [0.5, 0.6) is 0 Å². The molecule has 0 radical (unpaired) electrons. The number of aromatic nitrogens is 3. The zero-order valence-corrected chi connectivity index (χ0v) is 12.1. The molecule has 0 spiro atoms. The van der Waals surface area contributed by atoms with Gasteiger partial charge in [-0.2, -0.15) is 15.4 Å². The molecule has 0 bridgehead atoms. The molecule has 6 nitrogen and oxygen atoms in total. The molecule has 2 aliphatic rings.